The Bertz CT molecular complexity index is 694. The monoisotopic (exact) mass is 320 g/mol. The van der Waals surface area contributed by atoms with Crippen LogP contribution in [0.1, 0.15) is 17.5 Å². The van der Waals surface area contributed by atoms with Crippen molar-refractivity contribution in [2.24, 2.45) is 0 Å². The molecule has 22 heavy (non-hydrogen) atoms. The Balaban J connectivity index is 2.13. The predicted octanol–water partition coefficient (Wildman–Crippen LogP) is 2.81. The minimum Gasteiger partial charge on any atom is -0.451 e. The summed E-state index contributed by atoms with van der Waals surface area (Å²) in [5, 5.41) is 3.14. The van der Waals surface area contributed by atoms with Crippen molar-refractivity contribution in [2.45, 2.75) is 13.0 Å². The van der Waals surface area contributed by atoms with Gasteiger partial charge in [0.2, 0.25) is 5.91 Å². The predicted molar refractivity (Wildman–Crippen MR) is 84.8 cm³/mol. The van der Waals surface area contributed by atoms with Crippen LogP contribution in [-0.2, 0) is 4.79 Å². The number of carbonyl (C=O) groups is 2. The maximum absolute atomic E-state index is 12.1. The lowest BCUT2D eigenvalue weighted by Gasteiger charge is -2.17. The van der Waals surface area contributed by atoms with Crippen LogP contribution >= 0.6 is 11.6 Å². The lowest BCUT2D eigenvalue weighted by atomic mass is 10.2. The van der Waals surface area contributed by atoms with Gasteiger partial charge in [-0.25, -0.2) is 0 Å². The van der Waals surface area contributed by atoms with Crippen LogP contribution in [0.4, 0.5) is 0 Å². The number of halogens is 1. The second kappa shape index (κ2) is 6.66. The molecule has 0 aliphatic heterocycles. The van der Waals surface area contributed by atoms with Crippen LogP contribution in [0, 0.1) is 0 Å². The molecular formula is C16H17ClN2O3. The van der Waals surface area contributed by atoms with Crippen molar-refractivity contribution in [1.82, 2.24) is 10.2 Å². The third kappa shape index (κ3) is 3.49. The Morgan fingerprint density at radius 1 is 1.18 bits per heavy atom. The van der Waals surface area contributed by atoms with Crippen molar-refractivity contribution >= 4 is 23.4 Å². The Labute approximate surface area is 133 Å². The molecule has 1 atom stereocenters. The molecule has 0 bridgehead atoms. The summed E-state index contributed by atoms with van der Waals surface area (Å²) < 4.78 is 5.53. The van der Waals surface area contributed by atoms with E-state index in [0.717, 1.165) is 0 Å². The number of hydrogen-bond donors (Lipinski definition) is 1. The summed E-state index contributed by atoms with van der Waals surface area (Å²) >= 11 is 6.10. The normalized spacial score (nSPS) is 11.8. The van der Waals surface area contributed by atoms with E-state index in [2.05, 4.69) is 5.32 Å². The molecule has 1 N–H and O–H groups in total. The van der Waals surface area contributed by atoms with Crippen LogP contribution in [0.25, 0.3) is 11.3 Å². The quantitative estimate of drug-likeness (QED) is 0.942. The van der Waals surface area contributed by atoms with E-state index in [9.17, 15) is 9.59 Å². The number of amides is 2. The van der Waals surface area contributed by atoms with Gasteiger partial charge in [0.25, 0.3) is 5.91 Å². The number of nitrogens with zero attached hydrogens (tertiary/aromatic N) is 1. The second-order valence-corrected chi connectivity index (χ2v) is 5.48. The van der Waals surface area contributed by atoms with Gasteiger partial charge in [0, 0.05) is 19.7 Å². The molecule has 0 spiro atoms. The largest absolute Gasteiger partial charge is 0.451 e. The van der Waals surface area contributed by atoms with Crippen molar-refractivity contribution in [2.75, 3.05) is 14.1 Å². The zero-order chi connectivity index (χ0) is 16.3. The van der Waals surface area contributed by atoms with Crippen molar-refractivity contribution in [3.05, 3.63) is 47.2 Å². The highest BCUT2D eigenvalue weighted by atomic mass is 35.5. The van der Waals surface area contributed by atoms with Crippen LogP contribution in [0.5, 0.6) is 0 Å². The smallest absolute Gasteiger partial charge is 0.287 e. The van der Waals surface area contributed by atoms with Gasteiger partial charge in [-0.3, -0.25) is 9.59 Å². The topological polar surface area (TPSA) is 62.6 Å². The third-order valence-electron chi connectivity index (χ3n) is 3.13. The minimum atomic E-state index is -0.628. The van der Waals surface area contributed by atoms with Crippen LogP contribution < -0.4 is 5.32 Å². The fourth-order valence-electron chi connectivity index (χ4n) is 1.98. The Kier molecular flexibility index (Phi) is 4.88. The highest BCUT2D eigenvalue weighted by Crippen LogP contribution is 2.28. The molecule has 5 nitrogen and oxygen atoms in total. The highest BCUT2D eigenvalue weighted by molar-refractivity contribution is 6.33. The number of benzene rings is 1. The molecule has 6 heteroatoms. The van der Waals surface area contributed by atoms with Crippen LogP contribution in [-0.4, -0.2) is 36.9 Å². The first kappa shape index (κ1) is 16.1. The van der Waals surface area contributed by atoms with Gasteiger partial charge in [-0.1, -0.05) is 23.7 Å². The molecule has 1 aromatic heterocycles. The van der Waals surface area contributed by atoms with Crippen molar-refractivity contribution in [3.8, 4) is 11.3 Å². The molecule has 0 aliphatic carbocycles. The number of furan rings is 1. The van der Waals surface area contributed by atoms with Gasteiger partial charge in [-0.05, 0) is 31.2 Å². The van der Waals surface area contributed by atoms with Crippen LogP contribution in [0.3, 0.4) is 0 Å². The van der Waals surface area contributed by atoms with Crippen molar-refractivity contribution < 1.29 is 14.0 Å². The van der Waals surface area contributed by atoms with Gasteiger partial charge < -0.3 is 14.6 Å². The SMILES string of the molecule is CC(NC(=O)c1ccc(-c2ccccc2Cl)o1)C(=O)N(C)C. The Morgan fingerprint density at radius 3 is 2.50 bits per heavy atom. The first-order valence-electron chi connectivity index (χ1n) is 6.77. The van der Waals surface area contributed by atoms with E-state index >= 15 is 0 Å². The van der Waals surface area contributed by atoms with Gasteiger partial charge >= 0.3 is 0 Å². The maximum atomic E-state index is 12.1. The fourth-order valence-corrected chi connectivity index (χ4v) is 2.21. The number of nitrogens with one attached hydrogen (secondary N) is 1. The Hall–Kier alpha value is -2.27. The van der Waals surface area contributed by atoms with Crippen molar-refractivity contribution in [1.29, 1.82) is 0 Å². The molecule has 2 amide bonds. The van der Waals surface area contributed by atoms with Gasteiger partial charge in [0.15, 0.2) is 5.76 Å². The molecule has 1 aromatic carbocycles. The number of carbonyl (C=O) groups excluding carboxylic acids is 2. The van der Waals surface area contributed by atoms with E-state index in [1.54, 1.807) is 45.3 Å². The summed E-state index contributed by atoms with van der Waals surface area (Å²) in [6, 6.07) is 9.81. The first-order chi connectivity index (χ1) is 10.4. The van der Waals surface area contributed by atoms with E-state index in [4.69, 9.17) is 16.0 Å². The minimum absolute atomic E-state index is 0.133. The van der Waals surface area contributed by atoms with E-state index < -0.39 is 11.9 Å². The molecule has 2 rings (SSSR count). The van der Waals surface area contributed by atoms with E-state index in [1.165, 1.54) is 4.90 Å². The third-order valence-corrected chi connectivity index (χ3v) is 3.46. The highest BCUT2D eigenvalue weighted by Gasteiger charge is 2.20. The molecule has 0 fully saturated rings. The summed E-state index contributed by atoms with van der Waals surface area (Å²) in [5.74, 6) is 0.00269. The first-order valence-corrected chi connectivity index (χ1v) is 7.14. The second-order valence-electron chi connectivity index (χ2n) is 5.07. The summed E-state index contributed by atoms with van der Waals surface area (Å²) in [6.07, 6.45) is 0. The van der Waals surface area contributed by atoms with Crippen molar-refractivity contribution in [3.63, 3.8) is 0 Å². The zero-order valence-corrected chi connectivity index (χ0v) is 13.3. The average molecular weight is 321 g/mol. The van der Waals surface area contributed by atoms with Gasteiger partial charge in [0.1, 0.15) is 11.8 Å². The number of hydrogen-bond acceptors (Lipinski definition) is 3. The molecule has 1 unspecified atom stereocenters. The number of likely N-dealkylation sites (N-methyl/N-ethyl adjacent to an activating group) is 1. The molecular weight excluding hydrogens is 304 g/mol. The molecule has 0 aliphatic rings. The average Bonchev–Trinajstić information content (AvgIpc) is 2.96. The van der Waals surface area contributed by atoms with Gasteiger partial charge in [-0.15, -0.1) is 0 Å². The molecule has 0 saturated carbocycles. The lowest BCUT2D eigenvalue weighted by Crippen LogP contribution is -2.44. The summed E-state index contributed by atoms with van der Waals surface area (Å²) in [5.41, 5.74) is 0.709. The summed E-state index contributed by atoms with van der Waals surface area (Å²) in [6.45, 7) is 1.62. The molecule has 0 saturated heterocycles. The molecule has 1 heterocycles. The zero-order valence-electron chi connectivity index (χ0n) is 12.6. The standard InChI is InChI=1S/C16H17ClN2O3/c1-10(16(21)19(2)3)18-15(20)14-9-8-13(22-14)11-6-4-5-7-12(11)17/h4-10H,1-3H3,(H,18,20). The van der Waals surface area contributed by atoms with Gasteiger partial charge in [0.05, 0.1) is 5.02 Å². The molecule has 2 aromatic rings. The molecule has 116 valence electrons. The van der Waals surface area contributed by atoms with Crippen LogP contribution in [0.15, 0.2) is 40.8 Å². The fraction of sp³-hybridized carbons (Fsp3) is 0.250. The summed E-state index contributed by atoms with van der Waals surface area (Å²) in [4.78, 5) is 25.3. The van der Waals surface area contributed by atoms with E-state index in [-0.39, 0.29) is 11.7 Å². The van der Waals surface area contributed by atoms with E-state index in [0.29, 0.717) is 16.3 Å². The summed E-state index contributed by atoms with van der Waals surface area (Å²) in [7, 11) is 3.26. The van der Waals surface area contributed by atoms with E-state index in [1.807, 2.05) is 12.1 Å². The maximum Gasteiger partial charge on any atom is 0.287 e. The molecule has 0 radical (unpaired) electrons. The lowest BCUT2D eigenvalue weighted by molar-refractivity contribution is -0.130. The van der Waals surface area contributed by atoms with Gasteiger partial charge in [-0.2, -0.15) is 0 Å². The number of rotatable bonds is 4. The van der Waals surface area contributed by atoms with Crippen LogP contribution in [0.2, 0.25) is 5.02 Å². The Morgan fingerprint density at radius 2 is 1.86 bits per heavy atom.